The third-order valence-corrected chi connectivity index (χ3v) is 4.41. The van der Waals surface area contributed by atoms with Gasteiger partial charge in [-0.2, -0.15) is 5.26 Å². The second kappa shape index (κ2) is 5.32. The Bertz CT molecular complexity index is 941. The Kier molecular flexibility index (Phi) is 3.15. The summed E-state index contributed by atoms with van der Waals surface area (Å²) in [6.07, 6.45) is 4.41. The Morgan fingerprint density at radius 2 is 2.35 bits per heavy atom. The summed E-state index contributed by atoms with van der Waals surface area (Å²) in [5, 5.41) is 19.0. The Balaban J connectivity index is 1.76. The van der Waals surface area contributed by atoms with Crippen molar-refractivity contribution in [3.05, 3.63) is 30.1 Å². The quantitative estimate of drug-likeness (QED) is 0.777. The number of nitrogens with one attached hydrogen (secondary N) is 1. The van der Waals surface area contributed by atoms with Crippen LogP contribution in [0, 0.1) is 11.3 Å². The standard InChI is InChI=1S/C16H14N6O/c17-5-1-13(23)22-8-4-10(9-22)11-2-6-19-16-14(11)12-3-7-18-15(12)20-21-16/h2-3,6-7,10H,1,4,8-9H2,(H,19,21). The van der Waals surface area contributed by atoms with E-state index in [4.69, 9.17) is 5.26 Å². The molecule has 1 unspecified atom stereocenters. The van der Waals surface area contributed by atoms with Crippen molar-refractivity contribution in [3.63, 3.8) is 0 Å². The summed E-state index contributed by atoms with van der Waals surface area (Å²) in [6, 6.07) is 5.91. The molecule has 4 heterocycles. The summed E-state index contributed by atoms with van der Waals surface area (Å²) in [7, 11) is 0. The van der Waals surface area contributed by atoms with Crippen molar-refractivity contribution in [2.75, 3.05) is 13.1 Å². The van der Waals surface area contributed by atoms with Gasteiger partial charge in [0, 0.05) is 42.2 Å². The van der Waals surface area contributed by atoms with Crippen molar-refractivity contribution in [2.24, 2.45) is 0 Å². The molecule has 1 fully saturated rings. The Morgan fingerprint density at radius 3 is 3.22 bits per heavy atom. The zero-order valence-electron chi connectivity index (χ0n) is 12.4. The number of hydrogen-bond acceptors (Lipinski definition) is 5. The van der Waals surface area contributed by atoms with Gasteiger partial charge in [-0.05, 0) is 24.1 Å². The molecule has 1 aliphatic heterocycles. The van der Waals surface area contributed by atoms with Crippen LogP contribution in [0.25, 0.3) is 22.1 Å². The molecule has 0 aliphatic carbocycles. The van der Waals surface area contributed by atoms with Crippen LogP contribution in [0.4, 0.5) is 0 Å². The van der Waals surface area contributed by atoms with Gasteiger partial charge < -0.3 is 9.88 Å². The molecule has 0 spiro atoms. The van der Waals surface area contributed by atoms with Crippen molar-refractivity contribution < 1.29 is 4.79 Å². The van der Waals surface area contributed by atoms with Gasteiger partial charge in [0.1, 0.15) is 6.42 Å². The van der Waals surface area contributed by atoms with Crippen LogP contribution in [-0.4, -0.2) is 44.1 Å². The highest BCUT2D eigenvalue weighted by Crippen LogP contribution is 2.34. The number of pyridine rings is 1. The van der Waals surface area contributed by atoms with Crippen LogP contribution < -0.4 is 0 Å². The molecule has 4 rings (SSSR count). The number of nitrogens with zero attached hydrogens (tertiary/aromatic N) is 5. The number of carbonyl (C=O) groups excluding carboxylic acids is 1. The molecule has 3 aromatic heterocycles. The second-order valence-corrected chi connectivity index (χ2v) is 5.70. The third-order valence-electron chi connectivity index (χ3n) is 4.41. The fourth-order valence-electron chi connectivity index (χ4n) is 3.32. The van der Waals surface area contributed by atoms with Crippen molar-refractivity contribution in [1.29, 1.82) is 5.26 Å². The molecule has 1 aliphatic rings. The lowest BCUT2D eigenvalue weighted by Gasteiger charge is -2.16. The number of rotatable bonds is 2. The molecular weight excluding hydrogens is 292 g/mol. The number of fused-ring (bicyclic) bond motifs is 3. The molecule has 23 heavy (non-hydrogen) atoms. The molecule has 3 aromatic rings. The number of nitriles is 1. The fraction of sp³-hybridized carbons (Fsp3) is 0.312. The van der Waals surface area contributed by atoms with Gasteiger partial charge in [0.15, 0.2) is 11.3 Å². The predicted octanol–water partition coefficient (Wildman–Crippen LogP) is 1.74. The molecule has 114 valence electrons. The predicted molar refractivity (Wildman–Crippen MR) is 83.4 cm³/mol. The average Bonchev–Trinajstić information content (AvgIpc) is 3.23. The molecule has 0 radical (unpaired) electrons. The summed E-state index contributed by atoms with van der Waals surface area (Å²) in [5.41, 5.74) is 2.51. The second-order valence-electron chi connectivity index (χ2n) is 5.70. The van der Waals surface area contributed by atoms with Crippen LogP contribution in [0.1, 0.15) is 24.3 Å². The van der Waals surface area contributed by atoms with E-state index in [0.29, 0.717) is 18.7 Å². The zero-order valence-corrected chi connectivity index (χ0v) is 12.4. The smallest absolute Gasteiger partial charge is 0.236 e. The molecule has 1 saturated heterocycles. The number of aromatic nitrogens is 4. The lowest BCUT2D eigenvalue weighted by molar-refractivity contribution is -0.129. The maximum atomic E-state index is 11.9. The minimum atomic E-state index is -0.0956. The SMILES string of the molecule is N#CCC(=O)N1CCC(c2cc[nH]c3nnc4nccc4c23)C1. The van der Waals surface area contributed by atoms with E-state index in [1.165, 1.54) is 0 Å². The van der Waals surface area contributed by atoms with Crippen molar-refractivity contribution in [1.82, 2.24) is 25.1 Å². The van der Waals surface area contributed by atoms with Crippen LogP contribution in [0.2, 0.25) is 0 Å². The molecule has 0 saturated carbocycles. The molecule has 1 N–H and O–H groups in total. The normalized spacial score (nSPS) is 17.7. The van der Waals surface area contributed by atoms with E-state index in [9.17, 15) is 4.79 Å². The van der Waals surface area contributed by atoms with Gasteiger partial charge in [0.05, 0.1) is 6.07 Å². The van der Waals surface area contributed by atoms with E-state index < -0.39 is 0 Å². The third kappa shape index (κ3) is 2.19. The first-order valence-electron chi connectivity index (χ1n) is 7.51. The van der Waals surface area contributed by atoms with Gasteiger partial charge in [-0.15, -0.1) is 10.2 Å². The highest BCUT2D eigenvalue weighted by molar-refractivity contribution is 6.03. The molecule has 7 heteroatoms. The molecule has 7 nitrogen and oxygen atoms in total. The maximum Gasteiger partial charge on any atom is 0.236 e. The van der Waals surface area contributed by atoms with Crippen molar-refractivity contribution >= 4 is 28.0 Å². The lowest BCUT2D eigenvalue weighted by atomic mass is 9.95. The van der Waals surface area contributed by atoms with Crippen molar-refractivity contribution in [3.8, 4) is 6.07 Å². The molecule has 0 aromatic carbocycles. The van der Waals surface area contributed by atoms with Gasteiger partial charge in [0.2, 0.25) is 5.91 Å². The van der Waals surface area contributed by atoms with Gasteiger partial charge in [-0.3, -0.25) is 4.79 Å². The minimum absolute atomic E-state index is 0.0570. The van der Waals surface area contributed by atoms with E-state index in [2.05, 4.69) is 20.2 Å². The van der Waals surface area contributed by atoms with E-state index in [1.54, 1.807) is 11.1 Å². The van der Waals surface area contributed by atoms with Crippen molar-refractivity contribution in [2.45, 2.75) is 18.8 Å². The first-order chi connectivity index (χ1) is 11.3. The van der Waals surface area contributed by atoms with Gasteiger partial charge >= 0.3 is 0 Å². The largest absolute Gasteiger partial charge is 0.345 e. The number of H-pyrrole nitrogens is 1. The number of hydrogen-bond donors (Lipinski definition) is 1. The van der Waals surface area contributed by atoms with Crippen LogP contribution >= 0.6 is 0 Å². The van der Waals surface area contributed by atoms with Crippen LogP contribution in [-0.2, 0) is 4.79 Å². The van der Waals surface area contributed by atoms with Gasteiger partial charge in [-0.25, -0.2) is 4.98 Å². The maximum absolute atomic E-state index is 11.9. The molecule has 0 bridgehead atoms. The van der Waals surface area contributed by atoms with Gasteiger partial charge in [0.25, 0.3) is 0 Å². The highest BCUT2D eigenvalue weighted by Gasteiger charge is 2.28. The average molecular weight is 306 g/mol. The Labute approximate surface area is 131 Å². The van der Waals surface area contributed by atoms with E-state index in [0.717, 1.165) is 28.4 Å². The van der Waals surface area contributed by atoms with E-state index in [-0.39, 0.29) is 18.2 Å². The first-order valence-corrected chi connectivity index (χ1v) is 7.51. The summed E-state index contributed by atoms with van der Waals surface area (Å²) >= 11 is 0. The topological polar surface area (TPSA) is 98.6 Å². The number of aromatic amines is 1. The lowest BCUT2D eigenvalue weighted by Crippen LogP contribution is -2.27. The summed E-state index contributed by atoms with van der Waals surface area (Å²) < 4.78 is 0. The summed E-state index contributed by atoms with van der Waals surface area (Å²) in [5.74, 6) is 0.138. The van der Waals surface area contributed by atoms with Crippen LogP contribution in [0.15, 0.2) is 24.5 Å². The van der Waals surface area contributed by atoms with Gasteiger partial charge in [-0.1, -0.05) is 0 Å². The summed E-state index contributed by atoms with van der Waals surface area (Å²) in [6.45, 7) is 1.32. The number of carbonyl (C=O) groups is 1. The summed E-state index contributed by atoms with van der Waals surface area (Å²) in [4.78, 5) is 21.0. The minimum Gasteiger partial charge on any atom is -0.345 e. The molecule has 1 amide bonds. The Hall–Kier alpha value is -3.01. The van der Waals surface area contributed by atoms with Crippen LogP contribution in [0.5, 0.6) is 0 Å². The van der Waals surface area contributed by atoms with E-state index in [1.807, 2.05) is 24.4 Å². The fourth-order valence-corrected chi connectivity index (χ4v) is 3.32. The molecular formula is C16H14N6O. The number of amides is 1. The zero-order chi connectivity index (χ0) is 15.8. The highest BCUT2D eigenvalue weighted by atomic mass is 16.2. The Morgan fingerprint density at radius 1 is 1.43 bits per heavy atom. The monoisotopic (exact) mass is 306 g/mol. The molecule has 1 atom stereocenters. The first kappa shape index (κ1) is 13.6. The number of likely N-dealkylation sites (tertiary alicyclic amines) is 1. The van der Waals surface area contributed by atoms with E-state index >= 15 is 0 Å². The van der Waals surface area contributed by atoms with Crippen LogP contribution in [0.3, 0.4) is 0 Å².